The number of halogens is 1. The molecule has 0 radical (unpaired) electrons. The maximum absolute atomic E-state index is 12.2. The van der Waals surface area contributed by atoms with Crippen LogP contribution >= 0.6 is 11.6 Å². The van der Waals surface area contributed by atoms with Gasteiger partial charge in [0.1, 0.15) is 0 Å². The highest BCUT2D eigenvalue weighted by Crippen LogP contribution is 2.24. The Kier molecular flexibility index (Phi) is 5.76. The van der Waals surface area contributed by atoms with E-state index >= 15 is 0 Å². The van der Waals surface area contributed by atoms with Crippen LogP contribution in [0.1, 0.15) is 11.1 Å². The number of aliphatic hydroxyl groups excluding tert-OH is 1. The van der Waals surface area contributed by atoms with E-state index in [9.17, 15) is 13.5 Å². The van der Waals surface area contributed by atoms with Gasteiger partial charge in [0.05, 0.1) is 11.5 Å². The van der Waals surface area contributed by atoms with Gasteiger partial charge in [-0.25, -0.2) is 13.1 Å². The molecule has 0 heterocycles. The first-order valence-electron chi connectivity index (χ1n) is 5.82. The van der Waals surface area contributed by atoms with Crippen LogP contribution < -0.4 is 4.72 Å². The number of benzene rings is 1. The van der Waals surface area contributed by atoms with Crippen molar-refractivity contribution in [1.29, 1.82) is 0 Å². The van der Waals surface area contributed by atoms with Crippen molar-refractivity contribution < 1.29 is 13.5 Å². The summed E-state index contributed by atoms with van der Waals surface area (Å²) in [6, 6.07) is 2.96. The van der Waals surface area contributed by atoms with Crippen LogP contribution in [0.2, 0.25) is 5.02 Å². The molecule has 0 spiro atoms. The molecule has 0 aliphatic heterocycles. The smallest absolute Gasteiger partial charge is 0.240 e. The summed E-state index contributed by atoms with van der Waals surface area (Å²) < 4.78 is 26.9. The van der Waals surface area contributed by atoms with Crippen molar-refractivity contribution in [3.05, 3.63) is 28.3 Å². The molecule has 0 atom stereocenters. The second-order valence-electron chi connectivity index (χ2n) is 4.55. The standard InChI is InChI=1S/C12H19ClN2O3S/c1-9-10(8-16)6-11(13)7-12(9)19(17,18)14-4-5-15(2)3/h6-7,14,16H,4-5,8H2,1-3H3. The third-order valence-electron chi connectivity index (χ3n) is 2.74. The van der Waals surface area contributed by atoms with Gasteiger partial charge in [0, 0.05) is 18.1 Å². The van der Waals surface area contributed by atoms with Gasteiger partial charge in [0.25, 0.3) is 0 Å². The lowest BCUT2D eigenvalue weighted by atomic mass is 10.1. The van der Waals surface area contributed by atoms with E-state index in [1.807, 2.05) is 19.0 Å². The maximum atomic E-state index is 12.2. The van der Waals surface area contributed by atoms with Crippen molar-refractivity contribution in [3.63, 3.8) is 0 Å². The first-order chi connectivity index (χ1) is 8.77. The molecule has 7 heteroatoms. The van der Waals surface area contributed by atoms with E-state index in [4.69, 9.17) is 11.6 Å². The molecule has 19 heavy (non-hydrogen) atoms. The van der Waals surface area contributed by atoms with Crippen molar-refractivity contribution in [1.82, 2.24) is 9.62 Å². The zero-order valence-corrected chi connectivity index (χ0v) is 12.8. The molecule has 1 aromatic rings. The number of sulfonamides is 1. The third kappa shape index (κ3) is 4.43. The maximum Gasteiger partial charge on any atom is 0.240 e. The predicted octanol–water partition coefficient (Wildman–Crippen LogP) is 0.981. The quantitative estimate of drug-likeness (QED) is 0.822. The zero-order valence-electron chi connectivity index (χ0n) is 11.3. The molecule has 0 aromatic heterocycles. The molecule has 2 N–H and O–H groups in total. The minimum Gasteiger partial charge on any atom is -0.392 e. The summed E-state index contributed by atoms with van der Waals surface area (Å²) in [5.41, 5.74) is 1.03. The Hall–Kier alpha value is -0.660. The molecule has 108 valence electrons. The Morgan fingerprint density at radius 2 is 2.00 bits per heavy atom. The summed E-state index contributed by atoms with van der Waals surface area (Å²) in [7, 11) is 0.114. The second kappa shape index (κ2) is 6.67. The van der Waals surface area contributed by atoms with Gasteiger partial charge in [-0.15, -0.1) is 0 Å². The van der Waals surface area contributed by atoms with Crippen LogP contribution in [-0.2, 0) is 16.6 Å². The molecule has 0 aliphatic rings. The Morgan fingerprint density at radius 1 is 1.37 bits per heavy atom. The van der Waals surface area contributed by atoms with Gasteiger partial charge in [0.2, 0.25) is 10.0 Å². The van der Waals surface area contributed by atoms with E-state index in [-0.39, 0.29) is 11.5 Å². The number of rotatable bonds is 6. The summed E-state index contributed by atoms with van der Waals surface area (Å²) in [6.45, 7) is 2.33. The van der Waals surface area contributed by atoms with Crippen molar-refractivity contribution in [2.45, 2.75) is 18.4 Å². The van der Waals surface area contributed by atoms with E-state index in [1.54, 1.807) is 13.0 Å². The fourth-order valence-electron chi connectivity index (χ4n) is 1.63. The number of nitrogens with zero attached hydrogens (tertiary/aromatic N) is 1. The summed E-state index contributed by atoms with van der Waals surface area (Å²) in [6.07, 6.45) is 0. The van der Waals surface area contributed by atoms with Gasteiger partial charge in [-0.1, -0.05) is 11.6 Å². The minimum atomic E-state index is -3.61. The van der Waals surface area contributed by atoms with Crippen LogP contribution in [0.25, 0.3) is 0 Å². The molecule has 0 unspecified atom stereocenters. The average Bonchev–Trinajstić information content (AvgIpc) is 2.30. The van der Waals surface area contributed by atoms with Crippen molar-refractivity contribution in [2.24, 2.45) is 0 Å². The largest absolute Gasteiger partial charge is 0.392 e. The van der Waals surface area contributed by atoms with E-state index in [2.05, 4.69) is 4.72 Å². The number of aliphatic hydroxyl groups is 1. The van der Waals surface area contributed by atoms with Crippen molar-refractivity contribution in [3.8, 4) is 0 Å². The number of likely N-dealkylation sites (N-methyl/N-ethyl adjacent to an activating group) is 1. The molecule has 0 fully saturated rings. The van der Waals surface area contributed by atoms with Crippen LogP contribution in [0.4, 0.5) is 0 Å². The molecule has 1 aromatic carbocycles. The first kappa shape index (κ1) is 16.4. The molecule has 0 saturated carbocycles. The van der Waals surface area contributed by atoms with E-state index in [1.165, 1.54) is 6.07 Å². The van der Waals surface area contributed by atoms with Crippen LogP contribution in [0.15, 0.2) is 17.0 Å². The summed E-state index contributed by atoms with van der Waals surface area (Å²) in [4.78, 5) is 2.00. The second-order valence-corrected chi connectivity index (χ2v) is 6.72. The molecular weight excluding hydrogens is 288 g/mol. The van der Waals surface area contributed by atoms with Gasteiger partial charge in [-0.2, -0.15) is 0 Å². The normalized spacial score (nSPS) is 12.1. The molecule has 5 nitrogen and oxygen atoms in total. The van der Waals surface area contributed by atoms with Crippen LogP contribution in [0.3, 0.4) is 0 Å². The summed E-state index contributed by atoms with van der Waals surface area (Å²) in [5.74, 6) is 0. The molecule has 1 rings (SSSR count). The molecule has 0 amide bonds. The Labute approximate surface area is 119 Å². The third-order valence-corrected chi connectivity index (χ3v) is 4.55. The van der Waals surface area contributed by atoms with Gasteiger partial charge in [0.15, 0.2) is 0 Å². The lowest BCUT2D eigenvalue weighted by Gasteiger charge is -2.14. The fourth-order valence-corrected chi connectivity index (χ4v) is 3.27. The van der Waals surface area contributed by atoms with Gasteiger partial charge in [-0.3, -0.25) is 0 Å². The Bertz CT molecular complexity index is 544. The van der Waals surface area contributed by atoms with Crippen LogP contribution in [0, 0.1) is 6.92 Å². The lowest BCUT2D eigenvalue weighted by molar-refractivity contribution is 0.280. The lowest BCUT2D eigenvalue weighted by Crippen LogP contribution is -2.31. The topological polar surface area (TPSA) is 69.6 Å². The Balaban J connectivity index is 3.04. The highest BCUT2D eigenvalue weighted by molar-refractivity contribution is 7.89. The Morgan fingerprint density at radius 3 is 2.53 bits per heavy atom. The van der Waals surface area contributed by atoms with Gasteiger partial charge in [-0.05, 0) is 44.3 Å². The molecular formula is C12H19ClN2O3S. The number of nitrogens with one attached hydrogen (secondary N) is 1. The molecule has 0 bridgehead atoms. The minimum absolute atomic E-state index is 0.114. The average molecular weight is 307 g/mol. The fraction of sp³-hybridized carbons (Fsp3) is 0.500. The molecule has 0 aliphatic carbocycles. The van der Waals surface area contributed by atoms with E-state index in [0.29, 0.717) is 29.2 Å². The molecule has 0 saturated heterocycles. The van der Waals surface area contributed by atoms with Gasteiger partial charge < -0.3 is 10.0 Å². The van der Waals surface area contributed by atoms with Gasteiger partial charge >= 0.3 is 0 Å². The first-order valence-corrected chi connectivity index (χ1v) is 7.68. The predicted molar refractivity (Wildman–Crippen MR) is 75.9 cm³/mol. The summed E-state index contributed by atoms with van der Waals surface area (Å²) in [5, 5.41) is 9.50. The summed E-state index contributed by atoms with van der Waals surface area (Å²) >= 11 is 5.88. The van der Waals surface area contributed by atoms with Crippen molar-refractivity contribution in [2.75, 3.05) is 27.2 Å². The van der Waals surface area contributed by atoms with Crippen molar-refractivity contribution >= 4 is 21.6 Å². The van der Waals surface area contributed by atoms with E-state index < -0.39 is 10.0 Å². The van der Waals surface area contributed by atoms with E-state index in [0.717, 1.165) is 0 Å². The monoisotopic (exact) mass is 306 g/mol. The van der Waals surface area contributed by atoms with Crippen LogP contribution in [0.5, 0.6) is 0 Å². The number of hydrogen-bond acceptors (Lipinski definition) is 4. The zero-order chi connectivity index (χ0) is 14.6. The number of hydrogen-bond donors (Lipinski definition) is 2. The highest BCUT2D eigenvalue weighted by Gasteiger charge is 2.19. The SMILES string of the molecule is Cc1c(CO)cc(Cl)cc1S(=O)(=O)NCCN(C)C. The van der Waals surface area contributed by atoms with Crippen LogP contribution in [-0.4, -0.2) is 45.6 Å². The highest BCUT2D eigenvalue weighted by atomic mass is 35.5.